The van der Waals surface area contributed by atoms with Crippen LogP contribution in [-0.4, -0.2) is 25.1 Å². The summed E-state index contributed by atoms with van der Waals surface area (Å²) in [6.45, 7) is 12.5. The van der Waals surface area contributed by atoms with Crippen LogP contribution in [0.2, 0.25) is 0 Å². The summed E-state index contributed by atoms with van der Waals surface area (Å²) in [5, 5.41) is 3.07. The van der Waals surface area contributed by atoms with Gasteiger partial charge in [0.2, 0.25) is 0 Å². The molecule has 0 aromatic heterocycles. The van der Waals surface area contributed by atoms with Crippen LogP contribution in [0.3, 0.4) is 0 Å². The number of carbonyl (C=O) groups excluding carboxylic acids is 1. The second-order valence-corrected chi connectivity index (χ2v) is 8.52. The van der Waals surface area contributed by atoms with Crippen molar-refractivity contribution in [1.29, 1.82) is 0 Å². The molecule has 1 N–H and O–H groups in total. The molecule has 1 amide bonds. The van der Waals surface area contributed by atoms with E-state index in [1.54, 1.807) is 6.92 Å². The number of nitrogens with zero attached hydrogens (tertiary/aromatic N) is 1. The van der Waals surface area contributed by atoms with Crippen LogP contribution in [0, 0.1) is 19.8 Å². The van der Waals surface area contributed by atoms with E-state index in [0.717, 1.165) is 35.9 Å². The first-order valence-electron chi connectivity index (χ1n) is 10.7. The average Bonchev–Trinajstić information content (AvgIpc) is 2.70. The maximum absolute atomic E-state index is 12.6. The van der Waals surface area contributed by atoms with Crippen molar-refractivity contribution in [1.82, 2.24) is 5.32 Å². The smallest absolute Gasteiger partial charge is 0.261 e. The minimum Gasteiger partial charge on any atom is -0.481 e. The summed E-state index contributed by atoms with van der Waals surface area (Å²) in [5.74, 6) is 1.37. The number of ether oxygens (including phenoxy) is 1. The molecule has 0 unspecified atom stereocenters. The van der Waals surface area contributed by atoms with Gasteiger partial charge in [-0.2, -0.15) is 0 Å². The molecule has 0 aliphatic carbocycles. The minimum atomic E-state index is -0.548. The van der Waals surface area contributed by atoms with Gasteiger partial charge in [0.05, 0.1) is 6.04 Å². The highest BCUT2D eigenvalue weighted by molar-refractivity contribution is 5.81. The van der Waals surface area contributed by atoms with Gasteiger partial charge in [-0.15, -0.1) is 0 Å². The Morgan fingerprint density at radius 2 is 1.83 bits per heavy atom. The third-order valence-electron chi connectivity index (χ3n) is 5.93. The number of benzene rings is 2. The molecular formula is C25H34N2O2. The second kappa shape index (κ2) is 9.34. The molecule has 0 radical (unpaired) electrons. The van der Waals surface area contributed by atoms with Crippen molar-refractivity contribution >= 4 is 11.6 Å². The lowest BCUT2D eigenvalue weighted by atomic mass is 9.99. The Bertz CT molecular complexity index is 831. The van der Waals surface area contributed by atoms with Gasteiger partial charge < -0.3 is 15.0 Å². The van der Waals surface area contributed by atoms with Gasteiger partial charge in [-0.05, 0) is 87.4 Å². The lowest BCUT2D eigenvalue weighted by molar-refractivity contribution is -0.127. The second-order valence-electron chi connectivity index (χ2n) is 8.52. The van der Waals surface area contributed by atoms with Gasteiger partial charge in [0, 0.05) is 18.8 Å². The van der Waals surface area contributed by atoms with Gasteiger partial charge in [-0.1, -0.05) is 25.1 Å². The SMILES string of the molecule is Cc1ccc(O[C@@H](C)C(=O)N[C@H](C)c2ccc(N3CCC[C@@H](C)C3)cc2)cc1C. The van der Waals surface area contributed by atoms with E-state index in [2.05, 4.69) is 48.3 Å². The van der Waals surface area contributed by atoms with E-state index in [1.807, 2.05) is 32.0 Å². The van der Waals surface area contributed by atoms with E-state index < -0.39 is 6.10 Å². The molecule has 1 saturated heterocycles. The Hall–Kier alpha value is -2.49. The Morgan fingerprint density at radius 3 is 2.48 bits per heavy atom. The fraction of sp³-hybridized carbons (Fsp3) is 0.480. The van der Waals surface area contributed by atoms with Crippen molar-refractivity contribution in [3.63, 3.8) is 0 Å². The van der Waals surface area contributed by atoms with E-state index in [-0.39, 0.29) is 11.9 Å². The number of hydrogen-bond donors (Lipinski definition) is 1. The highest BCUT2D eigenvalue weighted by Crippen LogP contribution is 2.25. The highest BCUT2D eigenvalue weighted by Gasteiger charge is 2.19. The van der Waals surface area contributed by atoms with Crippen LogP contribution in [-0.2, 0) is 4.79 Å². The minimum absolute atomic E-state index is 0.0670. The molecule has 3 rings (SSSR count). The van der Waals surface area contributed by atoms with E-state index in [0.29, 0.717) is 0 Å². The van der Waals surface area contributed by atoms with Crippen LogP contribution in [0.4, 0.5) is 5.69 Å². The van der Waals surface area contributed by atoms with Gasteiger partial charge in [0.1, 0.15) is 5.75 Å². The molecule has 156 valence electrons. The van der Waals surface area contributed by atoms with Crippen LogP contribution in [0.5, 0.6) is 5.75 Å². The van der Waals surface area contributed by atoms with Crippen molar-refractivity contribution in [2.45, 2.75) is 59.6 Å². The van der Waals surface area contributed by atoms with Crippen molar-refractivity contribution < 1.29 is 9.53 Å². The molecule has 0 saturated carbocycles. The number of nitrogens with one attached hydrogen (secondary N) is 1. The Kier molecular flexibility index (Phi) is 6.83. The Balaban J connectivity index is 1.56. The molecule has 1 aliphatic heterocycles. The summed E-state index contributed by atoms with van der Waals surface area (Å²) in [7, 11) is 0. The number of aryl methyl sites for hydroxylation is 2. The van der Waals surface area contributed by atoms with Crippen LogP contribution in [0.25, 0.3) is 0 Å². The molecule has 2 aromatic carbocycles. The lowest BCUT2D eigenvalue weighted by Crippen LogP contribution is -2.37. The molecule has 1 heterocycles. The molecule has 29 heavy (non-hydrogen) atoms. The summed E-state index contributed by atoms with van der Waals surface area (Å²) >= 11 is 0. The summed E-state index contributed by atoms with van der Waals surface area (Å²) in [5.41, 5.74) is 4.74. The quantitative estimate of drug-likeness (QED) is 0.733. The molecule has 3 atom stereocenters. The number of hydrogen-bond acceptors (Lipinski definition) is 3. The van der Waals surface area contributed by atoms with Crippen LogP contribution >= 0.6 is 0 Å². The maximum atomic E-state index is 12.6. The van der Waals surface area contributed by atoms with Crippen molar-refractivity contribution in [3.05, 3.63) is 59.2 Å². The zero-order valence-electron chi connectivity index (χ0n) is 18.4. The van der Waals surface area contributed by atoms with E-state index in [9.17, 15) is 4.79 Å². The molecule has 1 fully saturated rings. The predicted molar refractivity (Wildman–Crippen MR) is 120 cm³/mol. The van der Waals surface area contributed by atoms with Crippen molar-refractivity contribution in [3.8, 4) is 5.75 Å². The third kappa shape index (κ3) is 5.53. The molecule has 0 spiro atoms. The summed E-state index contributed by atoms with van der Waals surface area (Å²) in [4.78, 5) is 15.0. The summed E-state index contributed by atoms with van der Waals surface area (Å²) < 4.78 is 5.84. The predicted octanol–water partition coefficient (Wildman–Crippen LogP) is 5.18. The fourth-order valence-corrected chi connectivity index (χ4v) is 3.86. The van der Waals surface area contributed by atoms with Gasteiger partial charge in [-0.3, -0.25) is 4.79 Å². The largest absolute Gasteiger partial charge is 0.481 e. The van der Waals surface area contributed by atoms with Crippen LogP contribution < -0.4 is 15.0 Å². The number of piperidine rings is 1. The molecule has 1 aliphatic rings. The van der Waals surface area contributed by atoms with E-state index in [1.165, 1.54) is 24.1 Å². The van der Waals surface area contributed by atoms with Gasteiger partial charge in [-0.25, -0.2) is 0 Å². The first-order chi connectivity index (χ1) is 13.8. The summed E-state index contributed by atoms with van der Waals surface area (Å²) in [6, 6.07) is 14.4. The molecule has 0 bridgehead atoms. The number of amides is 1. The molecule has 2 aromatic rings. The number of anilines is 1. The van der Waals surface area contributed by atoms with Crippen LogP contribution in [0.15, 0.2) is 42.5 Å². The van der Waals surface area contributed by atoms with Crippen molar-refractivity contribution in [2.24, 2.45) is 5.92 Å². The van der Waals surface area contributed by atoms with E-state index in [4.69, 9.17) is 4.74 Å². The zero-order chi connectivity index (χ0) is 21.0. The lowest BCUT2D eigenvalue weighted by Gasteiger charge is -2.33. The average molecular weight is 395 g/mol. The maximum Gasteiger partial charge on any atom is 0.261 e. The molecular weight excluding hydrogens is 360 g/mol. The molecule has 4 nitrogen and oxygen atoms in total. The monoisotopic (exact) mass is 394 g/mol. The third-order valence-corrected chi connectivity index (χ3v) is 5.93. The van der Waals surface area contributed by atoms with Crippen molar-refractivity contribution in [2.75, 3.05) is 18.0 Å². The van der Waals surface area contributed by atoms with Gasteiger partial charge in [0.25, 0.3) is 5.91 Å². The zero-order valence-corrected chi connectivity index (χ0v) is 18.4. The number of carbonyl (C=O) groups is 1. The number of rotatable bonds is 6. The first kappa shape index (κ1) is 21.2. The normalized spacial score (nSPS) is 18.8. The Morgan fingerprint density at radius 1 is 1.10 bits per heavy atom. The summed E-state index contributed by atoms with van der Waals surface area (Å²) in [6.07, 6.45) is 2.03. The highest BCUT2D eigenvalue weighted by atomic mass is 16.5. The standard InChI is InChI=1S/C25H34N2O2/c1-17-7-6-14-27(16-17)23-11-9-22(10-12-23)20(4)26-25(28)21(5)29-24-13-8-18(2)19(3)15-24/h8-13,15,17,20-21H,6-7,14,16H2,1-5H3,(H,26,28)/t17-,20-,21+/m1/s1. The molecule has 4 heteroatoms. The van der Waals surface area contributed by atoms with Crippen LogP contribution in [0.1, 0.15) is 56.3 Å². The van der Waals surface area contributed by atoms with Gasteiger partial charge >= 0.3 is 0 Å². The topological polar surface area (TPSA) is 41.6 Å². The Labute approximate surface area is 175 Å². The van der Waals surface area contributed by atoms with E-state index >= 15 is 0 Å². The first-order valence-corrected chi connectivity index (χ1v) is 10.7. The fourth-order valence-electron chi connectivity index (χ4n) is 3.86. The van der Waals surface area contributed by atoms with Gasteiger partial charge in [0.15, 0.2) is 6.10 Å².